The van der Waals surface area contributed by atoms with Crippen molar-refractivity contribution in [2.45, 2.75) is 46.0 Å². The minimum atomic E-state index is -0.446. The molecule has 1 aromatic rings. The third kappa shape index (κ3) is 5.30. The fourth-order valence-corrected chi connectivity index (χ4v) is 3.16. The van der Waals surface area contributed by atoms with Gasteiger partial charge in [0.1, 0.15) is 50.3 Å². The third-order valence-corrected chi connectivity index (χ3v) is 3.78. The quantitative estimate of drug-likeness (QED) is 0.842. The summed E-state index contributed by atoms with van der Waals surface area (Å²) in [6, 6.07) is 6.13. The first-order chi connectivity index (χ1) is 9.92. The number of morpholine rings is 1. The van der Waals surface area contributed by atoms with Gasteiger partial charge in [-0.15, -0.1) is 0 Å². The SMILES string of the molecule is Cc1cc(C)cc(OC[C@@H](O)C[NH+]2C[C@@H](C)O[C@H](C)C2)c1. The molecule has 2 rings (SSSR count). The summed E-state index contributed by atoms with van der Waals surface area (Å²) in [7, 11) is 0. The lowest BCUT2D eigenvalue weighted by Gasteiger charge is -2.33. The van der Waals surface area contributed by atoms with Crippen LogP contribution in [0.1, 0.15) is 25.0 Å². The third-order valence-electron chi connectivity index (χ3n) is 3.78. The fraction of sp³-hybridized carbons (Fsp3) is 0.647. The van der Waals surface area contributed by atoms with E-state index >= 15 is 0 Å². The molecule has 0 radical (unpaired) electrons. The van der Waals surface area contributed by atoms with Gasteiger partial charge in [0.05, 0.1) is 0 Å². The molecule has 1 aliphatic heterocycles. The Labute approximate surface area is 127 Å². The predicted molar refractivity (Wildman–Crippen MR) is 83.0 cm³/mol. The summed E-state index contributed by atoms with van der Waals surface area (Å²) >= 11 is 0. The number of aliphatic hydroxyl groups is 1. The van der Waals surface area contributed by atoms with Crippen LogP contribution in [0.3, 0.4) is 0 Å². The number of ether oxygens (including phenoxy) is 2. The van der Waals surface area contributed by atoms with Gasteiger partial charge in [0.15, 0.2) is 0 Å². The van der Waals surface area contributed by atoms with Crippen molar-refractivity contribution in [2.24, 2.45) is 0 Å². The Bertz CT molecular complexity index is 433. The zero-order valence-electron chi connectivity index (χ0n) is 13.6. The lowest BCUT2D eigenvalue weighted by Crippen LogP contribution is -3.16. The van der Waals surface area contributed by atoms with E-state index in [9.17, 15) is 5.11 Å². The Hall–Kier alpha value is -1.10. The van der Waals surface area contributed by atoms with Gasteiger partial charge in [0, 0.05) is 0 Å². The standard InChI is InChI=1S/C17H27NO3/c1-12-5-13(2)7-17(6-12)20-11-16(19)10-18-8-14(3)21-15(4)9-18/h5-7,14-16,19H,8-11H2,1-4H3/p+1/t14-,15-,16+/m1/s1. The number of nitrogens with one attached hydrogen (secondary N) is 1. The highest BCUT2D eigenvalue weighted by molar-refractivity contribution is 5.32. The molecule has 4 heteroatoms. The van der Waals surface area contributed by atoms with Crippen molar-refractivity contribution in [3.05, 3.63) is 29.3 Å². The maximum absolute atomic E-state index is 10.2. The summed E-state index contributed by atoms with van der Waals surface area (Å²) in [6.45, 7) is 11.2. The zero-order chi connectivity index (χ0) is 15.4. The van der Waals surface area contributed by atoms with Crippen molar-refractivity contribution in [1.29, 1.82) is 0 Å². The highest BCUT2D eigenvalue weighted by Crippen LogP contribution is 2.16. The van der Waals surface area contributed by atoms with E-state index in [1.54, 1.807) is 0 Å². The molecule has 1 aliphatic rings. The Balaban J connectivity index is 1.80. The normalized spacial score (nSPS) is 27.4. The van der Waals surface area contributed by atoms with E-state index in [1.165, 1.54) is 16.0 Å². The van der Waals surface area contributed by atoms with Gasteiger partial charge in [-0.2, -0.15) is 0 Å². The van der Waals surface area contributed by atoms with E-state index in [0.717, 1.165) is 18.8 Å². The van der Waals surface area contributed by atoms with E-state index in [2.05, 4.69) is 33.8 Å². The van der Waals surface area contributed by atoms with Gasteiger partial charge in [-0.05, 0) is 51.0 Å². The average Bonchev–Trinajstić information content (AvgIpc) is 2.34. The van der Waals surface area contributed by atoms with E-state index in [4.69, 9.17) is 9.47 Å². The van der Waals surface area contributed by atoms with Crippen LogP contribution >= 0.6 is 0 Å². The van der Waals surface area contributed by atoms with Crippen molar-refractivity contribution in [1.82, 2.24) is 0 Å². The molecule has 0 amide bonds. The minimum Gasteiger partial charge on any atom is -0.491 e. The topological polar surface area (TPSA) is 43.1 Å². The largest absolute Gasteiger partial charge is 0.491 e. The summed E-state index contributed by atoms with van der Waals surface area (Å²) in [5.41, 5.74) is 2.36. The fourth-order valence-electron chi connectivity index (χ4n) is 3.16. The van der Waals surface area contributed by atoms with Crippen molar-refractivity contribution in [2.75, 3.05) is 26.2 Å². The van der Waals surface area contributed by atoms with Gasteiger partial charge in [0.25, 0.3) is 0 Å². The summed E-state index contributed by atoms with van der Waals surface area (Å²) in [6.07, 6.45) is 0.0749. The van der Waals surface area contributed by atoms with Crippen LogP contribution in [0.2, 0.25) is 0 Å². The molecule has 3 atom stereocenters. The van der Waals surface area contributed by atoms with Crippen LogP contribution < -0.4 is 9.64 Å². The molecule has 0 spiro atoms. The molecule has 1 fully saturated rings. The number of aliphatic hydroxyl groups excluding tert-OH is 1. The van der Waals surface area contributed by atoms with Gasteiger partial charge in [-0.3, -0.25) is 0 Å². The molecule has 0 bridgehead atoms. The molecule has 1 heterocycles. The molecule has 0 unspecified atom stereocenters. The molecule has 0 saturated carbocycles. The number of aryl methyl sites for hydroxylation is 2. The number of rotatable bonds is 5. The number of benzene rings is 1. The zero-order valence-corrected chi connectivity index (χ0v) is 13.6. The van der Waals surface area contributed by atoms with Gasteiger partial charge in [-0.25, -0.2) is 0 Å². The lowest BCUT2D eigenvalue weighted by atomic mass is 10.1. The van der Waals surface area contributed by atoms with Crippen molar-refractivity contribution >= 4 is 0 Å². The van der Waals surface area contributed by atoms with Gasteiger partial charge in [-0.1, -0.05) is 6.07 Å². The number of quaternary nitrogens is 1. The van der Waals surface area contributed by atoms with Crippen LogP contribution in [0.5, 0.6) is 5.75 Å². The van der Waals surface area contributed by atoms with Gasteiger partial charge in [0.2, 0.25) is 0 Å². The van der Waals surface area contributed by atoms with Crippen molar-refractivity contribution in [3.63, 3.8) is 0 Å². The minimum absolute atomic E-state index is 0.260. The molecule has 2 N–H and O–H groups in total. The maximum Gasteiger partial charge on any atom is 0.137 e. The molecule has 1 saturated heterocycles. The van der Waals surface area contributed by atoms with Crippen LogP contribution in [0.4, 0.5) is 0 Å². The molecule has 4 nitrogen and oxygen atoms in total. The second-order valence-electron chi connectivity index (χ2n) is 6.41. The summed E-state index contributed by atoms with van der Waals surface area (Å²) < 4.78 is 11.4. The lowest BCUT2D eigenvalue weighted by molar-refractivity contribution is -0.918. The Morgan fingerprint density at radius 3 is 2.33 bits per heavy atom. The Morgan fingerprint density at radius 1 is 1.19 bits per heavy atom. The molecule has 0 aromatic heterocycles. The van der Waals surface area contributed by atoms with Gasteiger partial charge >= 0.3 is 0 Å². The monoisotopic (exact) mass is 294 g/mol. The Kier molecular flexibility index (Phi) is 5.62. The van der Waals surface area contributed by atoms with Crippen molar-refractivity contribution in [3.8, 4) is 5.75 Å². The molecule has 21 heavy (non-hydrogen) atoms. The van der Waals surface area contributed by atoms with Gasteiger partial charge < -0.3 is 19.5 Å². The van der Waals surface area contributed by atoms with Crippen molar-refractivity contribution < 1.29 is 19.5 Å². The number of hydrogen-bond acceptors (Lipinski definition) is 3. The maximum atomic E-state index is 10.2. The first-order valence-electron chi connectivity index (χ1n) is 7.80. The Morgan fingerprint density at radius 2 is 1.76 bits per heavy atom. The summed E-state index contributed by atoms with van der Waals surface area (Å²) in [4.78, 5) is 1.39. The molecular weight excluding hydrogens is 266 g/mol. The predicted octanol–water partition coefficient (Wildman–Crippen LogP) is 0.735. The average molecular weight is 294 g/mol. The van der Waals surface area contributed by atoms with E-state index < -0.39 is 6.10 Å². The van der Waals surface area contributed by atoms with Crippen LogP contribution in [0.15, 0.2) is 18.2 Å². The van der Waals surface area contributed by atoms with E-state index in [0.29, 0.717) is 13.2 Å². The summed E-state index contributed by atoms with van der Waals surface area (Å²) in [5.74, 6) is 0.838. The molecule has 0 aliphatic carbocycles. The second-order valence-corrected chi connectivity index (χ2v) is 6.41. The molecular formula is C17H28NO3+. The molecule has 118 valence electrons. The highest BCUT2D eigenvalue weighted by atomic mass is 16.5. The highest BCUT2D eigenvalue weighted by Gasteiger charge is 2.27. The van der Waals surface area contributed by atoms with Crippen LogP contribution in [0, 0.1) is 13.8 Å². The van der Waals surface area contributed by atoms with E-state index in [1.807, 2.05) is 12.1 Å². The second kappa shape index (κ2) is 7.25. The molecule has 1 aromatic carbocycles. The number of hydrogen-bond donors (Lipinski definition) is 2. The van der Waals surface area contributed by atoms with E-state index in [-0.39, 0.29) is 12.2 Å². The van der Waals surface area contributed by atoms with Crippen LogP contribution in [-0.4, -0.2) is 49.7 Å². The van der Waals surface area contributed by atoms with Crippen LogP contribution in [-0.2, 0) is 4.74 Å². The first-order valence-corrected chi connectivity index (χ1v) is 7.80. The smallest absolute Gasteiger partial charge is 0.137 e. The first kappa shape index (κ1) is 16.3. The summed E-state index contributed by atoms with van der Waals surface area (Å²) in [5, 5.41) is 10.2. The van der Waals surface area contributed by atoms with Crippen LogP contribution in [0.25, 0.3) is 0 Å².